The van der Waals surface area contributed by atoms with Gasteiger partial charge in [-0.05, 0) is 30.3 Å². The van der Waals surface area contributed by atoms with Crippen LogP contribution >= 0.6 is 11.6 Å². The van der Waals surface area contributed by atoms with Crippen LogP contribution in [0.3, 0.4) is 0 Å². The van der Waals surface area contributed by atoms with Crippen molar-refractivity contribution in [3.05, 3.63) is 41.1 Å². The predicted octanol–water partition coefficient (Wildman–Crippen LogP) is 3.27. The third-order valence-electron chi connectivity index (χ3n) is 2.08. The van der Waals surface area contributed by atoms with E-state index < -0.39 is 5.97 Å². The van der Waals surface area contributed by atoms with Crippen LogP contribution in [0, 0.1) is 0 Å². The number of methoxy groups -OCH3 is 1. The standard InChI is InChI=1S/C12H9ClO3/c1-15-12(14)5-3-10-7-8-6-9(13)2-4-11(8)16-10/h2-7H,1H3/b5-3+. The summed E-state index contributed by atoms with van der Waals surface area (Å²) in [5, 5.41) is 1.55. The van der Waals surface area contributed by atoms with Crippen LogP contribution in [0.15, 0.2) is 34.8 Å². The first kappa shape index (κ1) is 10.8. The average Bonchev–Trinajstić information content (AvgIpc) is 2.67. The lowest BCUT2D eigenvalue weighted by atomic mass is 10.2. The molecule has 0 bridgehead atoms. The first-order valence-electron chi connectivity index (χ1n) is 4.64. The molecule has 0 radical (unpaired) electrons. The molecule has 0 amide bonds. The Morgan fingerprint density at radius 1 is 1.44 bits per heavy atom. The quantitative estimate of drug-likeness (QED) is 0.593. The zero-order valence-electron chi connectivity index (χ0n) is 8.57. The van der Waals surface area contributed by atoms with Gasteiger partial charge in [-0.15, -0.1) is 0 Å². The van der Waals surface area contributed by atoms with Gasteiger partial charge in [0.05, 0.1) is 7.11 Å². The summed E-state index contributed by atoms with van der Waals surface area (Å²) in [6.45, 7) is 0. The Hall–Kier alpha value is -1.74. The molecular formula is C12H9ClO3. The maximum absolute atomic E-state index is 10.9. The molecule has 0 spiro atoms. The van der Waals surface area contributed by atoms with E-state index in [4.69, 9.17) is 16.0 Å². The fraction of sp³-hybridized carbons (Fsp3) is 0.0833. The number of esters is 1. The molecule has 0 aliphatic rings. The number of ether oxygens (including phenoxy) is 1. The van der Waals surface area contributed by atoms with Gasteiger partial charge >= 0.3 is 5.97 Å². The minimum Gasteiger partial charge on any atom is -0.466 e. The Bertz CT molecular complexity index is 554. The van der Waals surface area contributed by atoms with Crippen LogP contribution in [0.25, 0.3) is 17.0 Å². The van der Waals surface area contributed by atoms with E-state index in [-0.39, 0.29) is 0 Å². The molecule has 0 aliphatic carbocycles. The Kier molecular flexibility index (Phi) is 2.97. The van der Waals surface area contributed by atoms with Gasteiger partial charge in [-0.25, -0.2) is 4.79 Å². The molecule has 82 valence electrons. The summed E-state index contributed by atoms with van der Waals surface area (Å²) >= 11 is 5.84. The third kappa shape index (κ3) is 2.25. The molecule has 0 saturated carbocycles. The molecule has 0 unspecified atom stereocenters. The fourth-order valence-corrected chi connectivity index (χ4v) is 1.52. The molecule has 0 aliphatic heterocycles. The van der Waals surface area contributed by atoms with Crippen molar-refractivity contribution in [1.29, 1.82) is 0 Å². The number of hydrogen-bond acceptors (Lipinski definition) is 3. The van der Waals surface area contributed by atoms with Gasteiger partial charge in [0.15, 0.2) is 0 Å². The molecule has 0 saturated heterocycles. The van der Waals surface area contributed by atoms with Crippen LogP contribution in [-0.2, 0) is 9.53 Å². The maximum atomic E-state index is 10.9. The van der Waals surface area contributed by atoms with E-state index in [1.807, 2.05) is 0 Å². The Morgan fingerprint density at radius 2 is 2.25 bits per heavy atom. The zero-order chi connectivity index (χ0) is 11.5. The minimum absolute atomic E-state index is 0.418. The second-order valence-corrected chi connectivity index (χ2v) is 3.62. The summed E-state index contributed by atoms with van der Waals surface area (Å²) in [5.41, 5.74) is 0.730. The fourth-order valence-electron chi connectivity index (χ4n) is 1.34. The highest BCUT2D eigenvalue weighted by Gasteiger charge is 2.02. The van der Waals surface area contributed by atoms with E-state index in [2.05, 4.69) is 4.74 Å². The lowest BCUT2D eigenvalue weighted by molar-refractivity contribution is -0.134. The van der Waals surface area contributed by atoms with E-state index >= 15 is 0 Å². The van der Waals surface area contributed by atoms with Crippen LogP contribution in [0.2, 0.25) is 5.02 Å². The van der Waals surface area contributed by atoms with Crippen molar-refractivity contribution in [3.8, 4) is 0 Å². The van der Waals surface area contributed by atoms with Crippen LogP contribution < -0.4 is 0 Å². The molecule has 1 aromatic heterocycles. The van der Waals surface area contributed by atoms with Crippen LogP contribution in [0.1, 0.15) is 5.76 Å². The second kappa shape index (κ2) is 4.41. The highest BCUT2D eigenvalue weighted by molar-refractivity contribution is 6.31. The molecule has 2 rings (SSSR count). The number of hydrogen-bond donors (Lipinski definition) is 0. The molecule has 1 heterocycles. The molecule has 2 aromatic rings. The van der Waals surface area contributed by atoms with Gasteiger partial charge in [-0.1, -0.05) is 11.6 Å². The number of rotatable bonds is 2. The smallest absolute Gasteiger partial charge is 0.330 e. The molecular weight excluding hydrogens is 228 g/mol. The topological polar surface area (TPSA) is 39.4 Å². The maximum Gasteiger partial charge on any atom is 0.330 e. The Morgan fingerprint density at radius 3 is 3.00 bits per heavy atom. The molecule has 16 heavy (non-hydrogen) atoms. The SMILES string of the molecule is COC(=O)/C=C/c1cc2cc(Cl)ccc2o1. The Labute approximate surface area is 97.3 Å². The molecule has 0 fully saturated rings. The summed E-state index contributed by atoms with van der Waals surface area (Å²) in [7, 11) is 1.32. The average molecular weight is 237 g/mol. The molecule has 1 aromatic carbocycles. The zero-order valence-corrected chi connectivity index (χ0v) is 9.32. The van der Waals surface area contributed by atoms with Crippen LogP contribution in [-0.4, -0.2) is 13.1 Å². The summed E-state index contributed by atoms with van der Waals surface area (Å²) in [6.07, 6.45) is 2.86. The summed E-state index contributed by atoms with van der Waals surface area (Å²) < 4.78 is 9.94. The van der Waals surface area contributed by atoms with Gasteiger partial charge < -0.3 is 9.15 Å². The first-order valence-corrected chi connectivity index (χ1v) is 5.02. The van der Waals surface area contributed by atoms with Gasteiger partial charge in [0.1, 0.15) is 11.3 Å². The van der Waals surface area contributed by atoms with E-state index in [1.165, 1.54) is 13.2 Å². The van der Waals surface area contributed by atoms with Crippen LogP contribution in [0.4, 0.5) is 0 Å². The largest absolute Gasteiger partial charge is 0.466 e. The second-order valence-electron chi connectivity index (χ2n) is 3.19. The minimum atomic E-state index is -0.418. The lowest BCUT2D eigenvalue weighted by Gasteiger charge is -1.88. The number of fused-ring (bicyclic) bond motifs is 1. The summed E-state index contributed by atoms with van der Waals surface area (Å²) in [6, 6.07) is 7.14. The van der Waals surface area contributed by atoms with Gasteiger partial charge in [0.25, 0.3) is 0 Å². The summed E-state index contributed by atoms with van der Waals surface area (Å²) in [4.78, 5) is 10.9. The number of benzene rings is 1. The van der Waals surface area contributed by atoms with Crippen molar-refractivity contribution in [1.82, 2.24) is 0 Å². The van der Waals surface area contributed by atoms with Crippen molar-refractivity contribution in [2.24, 2.45) is 0 Å². The molecule has 4 heteroatoms. The number of carbonyl (C=O) groups excluding carboxylic acids is 1. The number of halogens is 1. The van der Waals surface area contributed by atoms with Crippen LogP contribution in [0.5, 0.6) is 0 Å². The van der Waals surface area contributed by atoms with E-state index in [9.17, 15) is 4.79 Å². The van der Waals surface area contributed by atoms with Gasteiger partial charge in [-0.2, -0.15) is 0 Å². The number of furan rings is 1. The van der Waals surface area contributed by atoms with Crippen molar-refractivity contribution in [2.75, 3.05) is 7.11 Å². The Balaban J connectivity index is 2.33. The predicted molar refractivity (Wildman–Crippen MR) is 62.3 cm³/mol. The van der Waals surface area contributed by atoms with Gasteiger partial charge in [-0.3, -0.25) is 0 Å². The van der Waals surface area contributed by atoms with Gasteiger partial charge in [0.2, 0.25) is 0 Å². The van der Waals surface area contributed by atoms with Crippen molar-refractivity contribution < 1.29 is 13.9 Å². The monoisotopic (exact) mass is 236 g/mol. The van der Waals surface area contributed by atoms with E-state index in [0.29, 0.717) is 10.8 Å². The van der Waals surface area contributed by atoms with Gasteiger partial charge in [0, 0.05) is 16.5 Å². The summed E-state index contributed by atoms with van der Waals surface area (Å²) in [5.74, 6) is 0.168. The van der Waals surface area contributed by atoms with Crippen molar-refractivity contribution in [2.45, 2.75) is 0 Å². The van der Waals surface area contributed by atoms with Crippen molar-refractivity contribution >= 4 is 34.6 Å². The third-order valence-corrected chi connectivity index (χ3v) is 2.32. The lowest BCUT2D eigenvalue weighted by Crippen LogP contribution is -1.92. The first-order chi connectivity index (χ1) is 7.69. The van der Waals surface area contributed by atoms with Crippen molar-refractivity contribution in [3.63, 3.8) is 0 Å². The molecule has 3 nitrogen and oxygen atoms in total. The van der Waals surface area contributed by atoms with E-state index in [1.54, 1.807) is 30.3 Å². The van der Waals surface area contributed by atoms with E-state index in [0.717, 1.165) is 11.0 Å². The highest BCUT2D eigenvalue weighted by atomic mass is 35.5. The normalized spacial score (nSPS) is 11.1. The molecule has 0 N–H and O–H groups in total. The number of carbonyl (C=O) groups is 1. The molecule has 0 atom stereocenters. The highest BCUT2D eigenvalue weighted by Crippen LogP contribution is 2.23.